The molecule has 0 unspecified atom stereocenters. The highest BCUT2D eigenvalue weighted by molar-refractivity contribution is 5.93. The Balaban J connectivity index is 2.01. The van der Waals surface area contributed by atoms with Gasteiger partial charge in [0.15, 0.2) is 17.5 Å². The number of benzene rings is 1. The van der Waals surface area contributed by atoms with Crippen molar-refractivity contribution in [2.75, 3.05) is 51.8 Å². The standard InChI is InChI=1S/C17H28N4O2/c1-4-18-17(19-9-10-21(3)5-2)20-14-7-8-15-16(13-14)23-12-6-11-22-15/h7-8,13H,4-6,9-12H2,1-3H3,(H2,18,19,20). The van der Waals surface area contributed by atoms with Crippen LogP contribution in [-0.2, 0) is 0 Å². The second kappa shape index (κ2) is 9.25. The maximum Gasteiger partial charge on any atom is 0.195 e. The first-order valence-electron chi connectivity index (χ1n) is 8.36. The Kier molecular flexibility index (Phi) is 7.00. The molecule has 6 heteroatoms. The van der Waals surface area contributed by atoms with E-state index in [4.69, 9.17) is 9.47 Å². The molecule has 23 heavy (non-hydrogen) atoms. The molecule has 0 amide bonds. The van der Waals surface area contributed by atoms with Gasteiger partial charge in [0.25, 0.3) is 0 Å². The Bertz CT molecular complexity index is 519. The van der Waals surface area contributed by atoms with Gasteiger partial charge in [-0.05, 0) is 32.6 Å². The van der Waals surface area contributed by atoms with E-state index in [2.05, 4.69) is 41.4 Å². The van der Waals surface area contributed by atoms with E-state index in [0.29, 0.717) is 13.2 Å². The molecule has 1 aromatic carbocycles. The molecule has 1 aliphatic rings. The monoisotopic (exact) mass is 320 g/mol. The number of anilines is 1. The molecular formula is C17H28N4O2. The Hall–Kier alpha value is -1.95. The van der Waals surface area contributed by atoms with Crippen molar-refractivity contribution in [2.24, 2.45) is 4.99 Å². The molecule has 0 saturated carbocycles. The van der Waals surface area contributed by atoms with Gasteiger partial charge in [-0.1, -0.05) is 6.92 Å². The summed E-state index contributed by atoms with van der Waals surface area (Å²) in [7, 11) is 2.10. The molecule has 128 valence electrons. The second-order valence-electron chi connectivity index (χ2n) is 5.49. The molecule has 1 aliphatic heterocycles. The number of ether oxygens (including phenoxy) is 2. The highest BCUT2D eigenvalue weighted by Gasteiger charge is 2.11. The van der Waals surface area contributed by atoms with Gasteiger partial charge in [0.2, 0.25) is 0 Å². The lowest BCUT2D eigenvalue weighted by atomic mass is 10.3. The zero-order chi connectivity index (χ0) is 16.5. The number of likely N-dealkylation sites (N-methyl/N-ethyl adjacent to an activating group) is 1. The third-order valence-corrected chi connectivity index (χ3v) is 3.65. The Morgan fingerprint density at radius 2 is 2.00 bits per heavy atom. The molecular weight excluding hydrogens is 292 g/mol. The summed E-state index contributed by atoms with van der Waals surface area (Å²) in [6, 6.07) is 5.89. The zero-order valence-corrected chi connectivity index (χ0v) is 14.4. The summed E-state index contributed by atoms with van der Waals surface area (Å²) < 4.78 is 11.4. The number of aliphatic imine (C=N–C) groups is 1. The van der Waals surface area contributed by atoms with Gasteiger partial charge in [-0.2, -0.15) is 0 Å². The van der Waals surface area contributed by atoms with Crippen molar-refractivity contribution in [3.8, 4) is 11.5 Å². The summed E-state index contributed by atoms with van der Waals surface area (Å²) in [6.45, 7) is 9.14. The van der Waals surface area contributed by atoms with E-state index in [1.54, 1.807) is 0 Å². The van der Waals surface area contributed by atoms with Gasteiger partial charge in [0.1, 0.15) is 0 Å². The van der Waals surface area contributed by atoms with E-state index >= 15 is 0 Å². The van der Waals surface area contributed by atoms with Crippen molar-refractivity contribution in [3.05, 3.63) is 18.2 Å². The molecule has 0 bridgehead atoms. The zero-order valence-electron chi connectivity index (χ0n) is 14.4. The van der Waals surface area contributed by atoms with Gasteiger partial charge >= 0.3 is 0 Å². The Morgan fingerprint density at radius 1 is 1.22 bits per heavy atom. The SMILES string of the molecule is CCNC(=NCCN(C)CC)Nc1ccc2c(c1)OCCCO2. The maximum absolute atomic E-state index is 5.73. The average molecular weight is 320 g/mol. The Labute approximate surface area is 138 Å². The van der Waals surface area contributed by atoms with Gasteiger partial charge in [-0.15, -0.1) is 0 Å². The molecule has 1 aromatic rings. The normalized spacial score (nSPS) is 14.5. The summed E-state index contributed by atoms with van der Waals surface area (Å²) in [6.07, 6.45) is 0.909. The van der Waals surface area contributed by atoms with Crippen LogP contribution in [0.1, 0.15) is 20.3 Å². The predicted octanol–water partition coefficient (Wildman–Crippen LogP) is 2.18. The van der Waals surface area contributed by atoms with Crippen molar-refractivity contribution < 1.29 is 9.47 Å². The molecule has 0 aromatic heterocycles. The summed E-state index contributed by atoms with van der Waals surface area (Å²) in [4.78, 5) is 6.84. The van der Waals surface area contributed by atoms with Gasteiger partial charge in [-0.25, -0.2) is 0 Å². The van der Waals surface area contributed by atoms with Crippen LogP contribution in [0.5, 0.6) is 11.5 Å². The maximum atomic E-state index is 5.73. The largest absolute Gasteiger partial charge is 0.490 e. The Morgan fingerprint density at radius 3 is 2.74 bits per heavy atom. The molecule has 0 radical (unpaired) electrons. The number of rotatable bonds is 6. The van der Waals surface area contributed by atoms with Crippen molar-refractivity contribution in [1.82, 2.24) is 10.2 Å². The molecule has 2 N–H and O–H groups in total. The molecule has 0 saturated heterocycles. The number of nitrogens with one attached hydrogen (secondary N) is 2. The van der Waals surface area contributed by atoms with Gasteiger partial charge < -0.3 is 25.0 Å². The number of hydrogen-bond donors (Lipinski definition) is 2. The smallest absolute Gasteiger partial charge is 0.195 e. The van der Waals surface area contributed by atoms with Crippen molar-refractivity contribution in [3.63, 3.8) is 0 Å². The minimum absolute atomic E-state index is 0.688. The van der Waals surface area contributed by atoms with E-state index in [0.717, 1.165) is 55.7 Å². The first-order valence-corrected chi connectivity index (χ1v) is 8.36. The molecule has 6 nitrogen and oxygen atoms in total. The lowest BCUT2D eigenvalue weighted by Gasteiger charge is -2.15. The lowest BCUT2D eigenvalue weighted by molar-refractivity contribution is 0.297. The van der Waals surface area contributed by atoms with Gasteiger partial charge in [0, 0.05) is 31.3 Å². The van der Waals surface area contributed by atoms with Crippen LogP contribution in [0.2, 0.25) is 0 Å². The molecule has 0 spiro atoms. The highest BCUT2D eigenvalue weighted by atomic mass is 16.5. The van der Waals surface area contributed by atoms with E-state index in [1.807, 2.05) is 18.2 Å². The van der Waals surface area contributed by atoms with Crippen LogP contribution in [0, 0.1) is 0 Å². The predicted molar refractivity (Wildman–Crippen MR) is 94.8 cm³/mol. The number of fused-ring (bicyclic) bond motifs is 1. The van der Waals surface area contributed by atoms with Crippen molar-refractivity contribution in [1.29, 1.82) is 0 Å². The van der Waals surface area contributed by atoms with E-state index in [-0.39, 0.29) is 0 Å². The van der Waals surface area contributed by atoms with Crippen LogP contribution in [0.4, 0.5) is 5.69 Å². The van der Waals surface area contributed by atoms with E-state index in [9.17, 15) is 0 Å². The van der Waals surface area contributed by atoms with Crippen LogP contribution in [0.25, 0.3) is 0 Å². The fraction of sp³-hybridized carbons (Fsp3) is 0.588. The fourth-order valence-electron chi connectivity index (χ4n) is 2.18. The number of nitrogens with zero attached hydrogens (tertiary/aromatic N) is 2. The topological polar surface area (TPSA) is 58.1 Å². The quantitative estimate of drug-likeness (QED) is 0.621. The van der Waals surface area contributed by atoms with Crippen LogP contribution in [0.3, 0.4) is 0 Å². The first kappa shape index (κ1) is 17.4. The lowest BCUT2D eigenvalue weighted by Crippen LogP contribution is -2.32. The van der Waals surface area contributed by atoms with E-state index in [1.165, 1.54) is 0 Å². The molecule has 2 rings (SSSR count). The summed E-state index contributed by atoms with van der Waals surface area (Å²) in [5.41, 5.74) is 0.942. The molecule has 0 aliphatic carbocycles. The van der Waals surface area contributed by atoms with Gasteiger partial charge in [0.05, 0.1) is 19.8 Å². The van der Waals surface area contributed by atoms with Crippen LogP contribution in [0.15, 0.2) is 23.2 Å². The van der Waals surface area contributed by atoms with Crippen LogP contribution in [-0.4, -0.2) is 57.3 Å². The average Bonchev–Trinajstić information content (AvgIpc) is 2.79. The third kappa shape index (κ3) is 5.63. The summed E-state index contributed by atoms with van der Waals surface area (Å²) >= 11 is 0. The molecule has 0 atom stereocenters. The van der Waals surface area contributed by atoms with Crippen LogP contribution >= 0.6 is 0 Å². The molecule has 1 heterocycles. The second-order valence-corrected chi connectivity index (χ2v) is 5.49. The van der Waals surface area contributed by atoms with Crippen molar-refractivity contribution >= 4 is 11.6 Å². The molecule has 0 fully saturated rings. The van der Waals surface area contributed by atoms with Crippen molar-refractivity contribution in [2.45, 2.75) is 20.3 Å². The van der Waals surface area contributed by atoms with Crippen LogP contribution < -0.4 is 20.1 Å². The highest BCUT2D eigenvalue weighted by Crippen LogP contribution is 2.32. The number of guanidine groups is 1. The minimum atomic E-state index is 0.688. The summed E-state index contributed by atoms with van der Waals surface area (Å²) in [5.74, 6) is 2.38. The fourth-order valence-corrected chi connectivity index (χ4v) is 2.18. The summed E-state index contributed by atoms with van der Waals surface area (Å²) in [5, 5.41) is 6.59. The van der Waals surface area contributed by atoms with Gasteiger partial charge in [-0.3, -0.25) is 4.99 Å². The minimum Gasteiger partial charge on any atom is -0.490 e. The first-order chi connectivity index (χ1) is 11.2. The van der Waals surface area contributed by atoms with E-state index < -0.39 is 0 Å². The third-order valence-electron chi connectivity index (χ3n) is 3.65. The number of hydrogen-bond acceptors (Lipinski definition) is 4.